The maximum Gasteiger partial charge on any atom is 0.339 e. The summed E-state index contributed by atoms with van der Waals surface area (Å²) in [5.41, 5.74) is 0. The third-order valence-electron chi connectivity index (χ3n) is 0.476. The van der Waals surface area contributed by atoms with E-state index in [0.717, 1.165) is 5.88 Å². The van der Waals surface area contributed by atoms with E-state index < -0.39 is 0 Å². The highest BCUT2D eigenvalue weighted by Crippen LogP contribution is 1.76. The van der Waals surface area contributed by atoms with Gasteiger partial charge >= 0.3 is 11.6 Å². The second-order valence-corrected chi connectivity index (χ2v) is 1.66. The summed E-state index contributed by atoms with van der Waals surface area (Å²) < 4.78 is 3.85. The predicted octanol–water partition coefficient (Wildman–Crippen LogP) is 0.285. The first-order valence-corrected chi connectivity index (χ1v) is 2.65. The summed E-state index contributed by atoms with van der Waals surface area (Å²) in [5.74, 6) is 0.913. The Morgan fingerprint density at radius 2 is 2.83 bits per heavy atom. The van der Waals surface area contributed by atoms with E-state index in [2.05, 4.69) is 9.68 Å². The first-order chi connectivity index (χ1) is 3.00. The van der Waals surface area contributed by atoms with Crippen molar-refractivity contribution in [1.82, 2.24) is 5.32 Å². The topological polar surface area (TPSA) is 24.4 Å². The molecule has 0 aromatic carbocycles. The van der Waals surface area contributed by atoms with Gasteiger partial charge in [-0.05, 0) is 0 Å². The Morgan fingerprint density at radius 1 is 1.83 bits per heavy atom. The van der Waals surface area contributed by atoms with Gasteiger partial charge in [0.2, 0.25) is 0 Å². The Balaban J connectivity index is 2.46. The Kier molecular flexibility index (Phi) is 1.17. The highest BCUT2D eigenvalue weighted by Gasteiger charge is 1.92. The van der Waals surface area contributed by atoms with Crippen molar-refractivity contribution in [1.29, 1.82) is 0 Å². The molecule has 0 aromatic heterocycles. The number of nitrogens with zero attached hydrogens (tertiary/aromatic N) is 1. The van der Waals surface area contributed by atoms with Gasteiger partial charge in [0.05, 0.1) is 0 Å². The predicted molar refractivity (Wildman–Crippen MR) is 26.9 cm³/mol. The highest BCUT2D eigenvalue weighted by molar-refractivity contribution is 7.68. The summed E-state index contributed by atoms with van der Waals surface area (Å²) in [4.78, 5) is 0. The Morgan fingerprint density at radius 3 is 3.00 bits per heavy atom. The van der Waals surface area contributed by atoms with Crippen molar-refractivity contribution in [2.24, 2.45) is 4.36 Å². The first kappa shape index (κ1) is 3.74. The van der Waals surface area contributed by atoms with E-state index in [-0.39, 0.29) is 0 Å². The van der Waals surface area contributed by atoms with Crippen molar-refractivity contribution < 1.29 is 0 Å². The third kappa shape index (κ3) is 0.755. The molecule has 0 saturated heterocycles. The van der Waals surface area contributed by atoms with E-state index in [9.17, 15) is 0 Å². The van der Waals surface area contributed by atoms with Gasteiger partial charge in [-0.2, -0.15) is 0 Å². The fourth-order valence-corrected chi connectivity index (χ4v) is 0.641. The van der Waals surface area contributed by atoms with Gasteiger partial charge < -0.3 is 5.32 Å². The van der Waals surface area contributed by atoms with Gasteiger partial charge in [-0.3, -0.25) is 0 Å². The van der Waals surface area contributed by atoms with Crippen LogP contribution in [-0.2, 0) is 11.6 Å². The minimum Gasteiger partial charge on any atom is -0.338 e. The van der Waals surface area contributed by atoms with Crippen LogP contribution in [-0.4, -0.2) is 5.88 Å². The number of hydrogen-bond donors (Lipinski definition) is 1. The molecule has 32 valence electrons. The molecule has 1 aliphatic rings. The Bertz CT molecular complexity index is 74.8. The molecule has 0 atom stereocenters. The maximum absolute atomic E-state index is 3.85. The quantitative estimate of drug-likeness (QED) is 0.435. The molecule has 1 rings (SSSR count). The number of rotatable bonds is 0. The van der Waals surface area contributed by atoms with E-state index in [0.29, 0.717) is 0 Å². The molecule has 0 bridgehead atoms. The Labute approximate surface area is 40.4 Å². The van der Waals surface area contributed by atoms with Gasteiger partial charge in [0.15, 0.2) is 0 Å². The minimum atomic E-state index is 0.913. The number of nitrogens with one attached hydrogen (secondary N) is 1. The van der Waals surface area contributed by atoms with Crippen molar-refractivity contribution in [3.63, 3.8) is 0 Å². The van der Waals surface area contributed by atoms with Gasteiger partial charge in [-0.25, -0.2) is 0 Å². The molecule has 1 aliphatic heterocycles. The van der Waals surface area contributed by atoms with Gasteiger partial charge in [0.25, 0.3) is 5.88 Å². The van der Waals surface area contributed by atoms with Crippen LogP contribution < -0.4 is 5.32 Å². The van der Waals surface area contributed by atoms with Crippen molar-refractivity contribution in [2.45, 2.75) is 0 Å². The molecule has 0 amide bonds. The second kappa shape index (κ2) is 1.87. The second-order valence-electron chi connectivity index (χ2n) is 0.899. The van der Waals surface area contributed by atoms with Crippen LogP contribution in [0.4, 0.5) is 0 Å². The molecule has 6 heavy (non-hydrogen) atoms. The largest absolute Gasteiger partial charge is 0.339 e. The van der Waals surface area contributed by atoms with Crippen LogP contribution in [0.5, 0.6) is 0 Å². The van der Waals surface area contributed by atoms with E-state index in [1.165, 1.54) is 11.6 Å². The molecule has 0 aliphatic carbocycles. The molecule has 1 N–H and O–H groups in total. The lowest BCUT2D eigenvalue weighted by Gasteiger charge is -1.81. The van der Waals surface area contributed by atoms with E-state index in [1.54, 1.807) is 6.20 Å². The first-order valence-electron chi connectivity index (χ1n) is 1.71. The lowest BCUT2D eigenvalue weighted by Crippen LogP contribution is -2.06. The van der Waals surface area contributed by atoms with Gasteiger partial charge in [-0.1, -0.05) is 0 Å². The van der Waals surface area contributed by atoms with Crippen molar-refractivity contribution in [2.75, 3.05) is 5.88 Å². The van der Waals surface area contributed by atoms with Crippen LogP contribution in [0, 0.1) is 0 Å². The smallest absolute Gasteiger partial charge is 0.338 e. The molecule has 0 saturated carbocycles. The molecule has 0 aromatic rings. The lowest BCUT2D eigenvalue weighted by molar-refractivity contribution is 1.04. The maximum atomic E-state index is 3.85. The summed E-state index contributed by atoms with van der Waals surface area (Å²) >= 11 is 1.52. The third-order valence-corrected chi connectivity index (χ3v) is 1.04. The summed E-state index contributed by atoms with van der Waals surface area (Å²) in [5, 5.41) is 2.97. The average Bonchev–Trinajstić information content (AvgIpc) is 1.72. The fraction of sp³-hybridized carbons (Fsp3) is 0.333. The van der Waals surface area contributed by atoms with Crippen LogP contribution in [0.25, 0.3) is 0 Å². The van der Waals surface area contributed by atoms with Crippen molar-refractivity contribution in [3.05, 3.63) is 12.4 Å². The van der Waals surface area contributed by atoms with Crippen molar-refractivity contribution >= 4 is 11.6 Å². The molecular formula is C3H5N2S+. The van der Waals surface area contributed by atoms with Gasteiger partial charge in [0, 0.05) is 10.6 Å². The molecule has 0 spiro atoms. The van der Waals surface area contributed by atoms with Crippen LogP contribution in [0.15, 0.2) is 16.8 Å². The van der Waals surface area contributed by atoms with E-state index in [1.807, 2.05) is 6.20 Å². The zero-order valence-corrected chi connectivity index (χ0v) is 4.03. The lowest BCUT2D eigenvalue weighted by atomic mass is 10.9. The van der Waals surface area contributed by atoms with Gasteiger partial charge in [-0.15, -0.1) is 0 Å². The monoisotopic (exact) mass is 101 g/mol. The van der Waals surface area contributed by atoms with Crippen LogP contribution in [0.3, 0.4) is 0 Å². The summed E-state index contributed by atoms with van der Waals surface area (Å²) in [7, 11) is 0. The SMILES string of the molecule is C1=CNC[S+]=N1. The summed E-state index contributed by atoms with van der Waals surface area (Å²) in [6, 6.07) is 0. The van der Waals surface area contributed by atoms with Crippen molar-refractivity contribution in [3.8, 4) is 0 Å². The van der Waals surface area contributed by atoms with E-state index >= 15 is 0 Å². The highest BCUT2D eigenvalue weighted by atomic mass is 32.1. The molecular weight excluding hydrogens is 96.1 g/mol. The standard InChI is InChI=1S/C3H5N2S/c1-2-5-6-3-4-1/h1-2,4H,3H2/q+1. The minimum absolute atomic E-state index is 0.913. The summed E-state index contributed by atoms with van der Waals surface area (Å²) in [6.45, 7) is 0. The molecule has 3 heteroatoms. The molecule has 1 heterocycles. The zero-order chi connectivity index (χ0) is 4.24. The summed E-state index contributed by atoms with van der Waals surface area (Å²) in [6.07, 6.45) is 3.57. The van der Waals surface area contributed by atoms with E-state index in [4.69, 9.17) is 0 Å². The molecule has 0 fully saturated rings. The number of hydrogen-bond acceptors (Lipinski definition) is 2. The molecule has 0 unspecified atom stereocenters. The van der Waals surface area contributed by atoms with Crippen LogP contribution in [0.2, 0.25) is 0 Å². The zero-order valence-electron chi connectivity index (χ0n) is 3.22. The Hall–Kier alpha value is -0.440. The van der Waals surface area contributed by atoms with Gasteiger partial charge in [0.1, 0.15) is 6.20 Å². The average molecular weight is 101 g/mol. The molecule has 0 radical (unpaired) electrons. The normalized spacial score (nSPS) is 17.3. The fourth-order valence-electron chi connectivity index (χ4n) is 0.249. The van der Waals surface area contributed by atoms with Crippen LogP contribution >= 0.6 is 0 Å². The van der Waals surface area contributed by atoms with Crippen LogP contribution in [0.1, 0.15) is 0 Å². The molecule has 2 nitrogen and oxygen atoms in total.